The lowest BCUT2D eigenvalue weighted by molar-refractivity contribution is -0.345. The van der Waals surface area contributed by atoms with E-state index in [1.54, 1.807) is 7.11 Å². The minimum absolute atomic E-state index is 0.0135. The molecule has 6 heterocycles. The Morgan fingerprint density at radius 2 is 1.60 bits per heavy atom. The second kappa shape index (κ2) is 16.0. The van der Waals surface area contributed by atoms with Gasteiger partial charge in [0.15, 0.2) is 5.79 Å². The number of methoxy groups -OCH3 is 1. The highest BCUT2D eigenvalue weighted by molar-refractivity contribution is 5.72. The van der Waals surface area contributed by atoms with Crippen LogP contribution in [0.15, 0.2) is 0 Å². The van der Waals surface area contributed by atoms with Crippen LogP contribution in [0.25, 0.3) is 0 Å². The second-order valence-electron chi connectivity index (χ2n) is 18.1. The molecule has 10 heteroatoms. The number of esters is 1. The third-order valence-electron chi connectivity index (χ3n) is 14.3. The zero-order valence-electron chi connectivity index (χ0n) is 34.3. The monoisotopic (exact) mass is 737 g/mol. The van der Waals surface area contributed by atoms with Crippen molar-refractivity contribution in [2.75, 3.05) is 26.9 Å². The number of ether oxygens (including phenoxy) is 9. The van der Waals surface area contributed by atoms with Crippen molar-refractivity contribution in [3.8, 4) is 0 Å². The summed E-state index contributed by atoms with van der Waals surface area (Å²) >= 11 is 0. The fourth-order valence-corrected chi connectivity index (χ4v) is 11.1. The molecule has 10 nitrogen and oxygen atoms in total. The highest BCUT2D eigenvalue weighted by Crippen LogP contribution is 2.55. The van der Waals surface area contributed by atoms with Crippen molar-refractivity contribution in [1.29, 1.82) is 0 Å². The quantitative estimate of drug-likeness (QED) is 0.183. The lowest BCUT2D eigenvalue weighted by Crippen LogP contribution is -2.58. The van der Waals surface area contributed by atoms with Gasteiger partial charge in [-0.1, -0.05) is 55.4 Å². The van der Waals surface area contributed by atoms with Crippen molar-refractivity contribution in [3.05, 3.63) is 0 Å². The number of hydrogen-bond donors (Lipinski definition) is 0. The maximum Gasteiger partial charge on any atom is 0.311 e. The van der Waals surface area contributed by atoms with Crippen LogP contribution in [0.3, 0.4) is 0 Å². The zero-order chi connectivity index (χ0) is 37.6. The van der Waals surface area contributed by atoms with Crippen LogP contribution in [0.1, 0.15) is 133 Å². The van der Waals surface area contributed by atoms with Gasteiger partial charge in [0.05, 0.1) is 59.8 Å². The lowest BCUT2D eigenvalue weighted by atomic mass is 9.78. The molecule has 0 radical (unpaired) electrons. The molecule has 6 rings (SSSR count). The molecule has 0 N–H and O–H groups in total. The van der Waals surface area contributed by atoms with Crippen molar-refractivity contribution in [1.82, 2.24) is 0 Å². The average molecular weight is 737 g/mol. The molecule has 300 valence electrons. The topological polar surface area (TPSA) is 100 Å². The van der Waals surface area contributed by atoms with E-state index < -0.39 is 34.8 Å². The molecule has 0 aromatic carbocycles. The van der Waals surface area contributed by atoms with Gasteiger partial charge < -0.3 is 42.6 Å². The fraction of sp³-hybridized carbons (Fsp3) is 0.976. The van der Waals surface area contributed by atoms with Crippen LogP contribution in [0.4, 0.5) is 0 Å². The van der Waals surface area contributed by atoms with Crippen LogP contribution in [0.5, 0.6) is 0 Å². The molecule has 6 aliphatic heterocycles. The number of cyclic esters (lactones) is 1. The molecule has 0 aliphatic carbocycles. The number of carbonyl (C=O) groups excluding carboxylic acids is 1. The Kier molecular flexibility index (Phi) is 12.5. The molecule has 1 spiro atoms. The van der Waals surface area contributed by atoms with Gasteiger partial charge in [-0.15, -0.1) is 0 Å². The van der Waals surface area contributed by atoms with Gasteiger partial charge in [-0.2, -0.15) is 0 Å². The first-order valence-corrected chi connectivity index (χ1v) is 21.0. The van der Waals surface area contributed by atoms with Gasteiger partial charge >= 0.3 is 5.97 Å². The first kappa shape index (κ1) is 40.8. The highest BCUT2D eigenvalue weighted by Gasteiger charge is 2.63. The van der Waals surface area contributed by atoms with E-state index in [2.05, 4.69) is 62.3 Å². The maximum absolute atomic E-state index is 14.1. The van der Waals surface area contributed by atoms with Crippen molar-refractivity contribution in [2.24, 2.45) is 35.5 Å². The molecule has 0 amide bonds. The van der Waals surface area contributed by atoms with Crippen LogP contribution < -0.4 is 0 Å². The summed E-state index contributed by atoms with van der Waals surface area (Å²) in [4.78, 5) is 14.1. The van der Waals surface area contributed by atoms with Gasteiger partial charge in [0, 0.05) is 50.9 Å². The van der Waals surface area contributed by atoms with Gasteiger partial charge in [0.1, 0.15) is 6.61 Å². The van der Waals surface area contributed by atoms with E-state index in [9.17, 15) is 4.79 Å². The normalized spacial score (nSPS) is 51.3. The van der Waals surface area contributed by atoms with Gasteiger partial charge in [0.25, 0.3) is 0 Å². The first-order valence-electron chi connectivity index (χ1n) is 21.0. The van der Waals surface area contributed by atoms with E-state index in [1.165, 1.54) is 0 Å². The first-order chi connectivity index (χ1) is 24.7. The number of rotatable bonds is 8. The molecular formula is C42H72O10. The second-order valence-corrected chi connectivity index (χ2v) is 18.1. The number of hydrogen-bond acceptors (Lipinski definition) is 10. The van der Waals surface area contributed by atoms with Crippen LogP contribution in [-0.4, -0.2) is 98.4 Å². The Morgan fingerprint density at radius 1 is 0.846 bits per heavy atom. The highest BCUT2D eigenvalue weighted by atomic mass is 16.7. The molecule has 9 bridgehead atoms. The SMILES string of the molecule is CCCOC1CC23CCC(C)(O2)C2CCC(CC)(O2)C2OC(CC2C)C2OC(OCCC)(COC(=O)C(C)C(OC)C(C)C(O3)C1C)C(C)CC2C. The molecular weight excluding hydrogens is 664 g/mol. The van der Waals surface area contributed by atoms with Crippen LogP contribution >= 0.6 is 0 Å². The summed E-state index contributed by atoms with van der Waals surface area (Å²) < 4.78 is 61.4. The maximum atomic E-state index is 14.1. The molecule has 0 aromatic heterocycles. The summed E-state index contributed by atoms with van der Waals surface area (Å²) in [6, 6.07) is 0. The molecule has 17 atom stereocenters. The molecule has 6 aliphatic rings. The zero-order valence-corrected chi connectivity index (χ0v) is 34.3. The summed E-state index contributed by atoms with van der Waals surface area (Å²) in [6.07, 6.45) is 7.23. The van der Waals surface area contributed by atoms with Crippen LogP contribution in [0.2, 0.25) is 0 Å². The Hall–Kier alpha value is -0.850. The number of carbonyl (C=O) groups is 1. The summed E-state index contributed by atoms with van der Waals surface area (Å²) in [5, 5.41) is 0. The predicted molar refractivity (Wildman–Crippen MR) is 197 cm³/mol. The molecule has 0 saturated carbocycles. The van der Waals surface area contributed by atoms with Gasteiger partial charge in [-0.25, -0.2) is 0 Å². The van der Waals surface area contributed by atoms with Crippen molar-refractivity contribution in [3.63, 3.8) is 0 Å². The molecule has 6 fully saturated rings. The minimum atomic E-state index is -1.07. The summed E-state index contributed by atoms with van der Waals surface area (Å²) in [5.41, 5.74) is -0.931. The minimum Gasteiger partial charge on any atom is -0.460 e. The van der Waals surface area contributed by atoms with Gasteiger partial charge in [-0.05, 0) is 77.0 Å². The van der Waals surface area contributed by atoms with E-state index in [1.807, 2.05) is 6.92 Å². The molecule has 17 unspecified atom stereocenters. The Labute approximate surface area is 314 Å². The lowest BCUT2D eigenvalue weighted by Gasteiger charge is -2.50. The van der Waals surface area contributed by atoms with E-state index in [-0.39, 0.29) is 78.8 Å². The van der Waals surface area contributed by atoms with Gasteiger partial charge in [-0.3, -0.25) is 4.79 Å². The largest absolute Gasteiger partial charge is 0.460 e. The summed E-state index contributed by atoms with van der Waals surface area (Å²) in [5.74, 6) is -2.31. The summed E-state index contributed by atoms with van der Waals surface area (Å²) in [6.45, 7) is 22.8. The van der Waals surface area contributed by atoms with Gasteiger partial charge in [0.2, 0.25) is 5.79 Å². The van der Waals surface area contributed by atoms with Crippen molar-refractivity contribution >= 4 is 5.97 Å². The van der Waals surface area contributed by atoms with E-state index >= 15 is 0 Å². The molecule has 6 saturated heterocycles. The third-order valence-corrected chi connectivity index (χ3v) is 14.3. The van der Waals surface area contributed by atoms with E-state index in [0.29, 0.717) is 19.6 Å². The Balaban J connectivity index is 1.38. The summed E-state index contributed by atoms with van der Waals surface area (Å²) in [7, 11) is 1.68. The predicted octanol–water partition coefficient (Wildman–Crippen LogP) is 7.62. The average Bonchev–Trinajstić information content (AvgIpc) is 3.84. The van der Waals surface area contributed by atoms with Crippen molar-refractivity contribution in [2.45, 2.75) is 199 Å². The molecule has 52 heavy (non-hydrogen) atoms. The Bertz CT molecular complexity index is 1220. The van der Waals surface area contributed by atoms with E-state index in [4.69, 9.17) is 42.6 Å². The fourth-order valence-electron chi connectivity index (χ4n) is 11.1. The Morgan fingerprint density at radius 3 is 2.29 bits per heavy atom. The smallest absolute Gasteiger partial charge is 0.311 e. The molecule has 0 aromatic rings. The van der Waals surface area contributed by atoms with E-state index in [0.717, 1.165) is 57.8 Å². The van der Waals surface area contributed by atoms with Crippen molar-refractivity contribution < 1.29 is 47.4 Å². The van der Waals surface area contributed by atoms with Crippen LogP contribution in [0, 0.1) is 35.5 Å². The van der Waals surface area contributed by atoms with Crippen LogP contribution in [-0.2, 0) is 47.4 Å². The standard InChI is InChI=1S/C42H72O10/c1-12-19-45-32-23-41-18-17-39(10,52-41)33-15-16-40(14-3,49-33)37-26(5)22-31(48-37)34-25(4)21-27(6)42(51-34,47-20-13-2)24-46-38(43)30(9)35(44-11)29(8)36(50-41)28(32)7/h25-37H,12-24H2,1-11H3. The third kappa shape index (κ3) is 7.39. The number of fused-ring (bicyclic) bond motifs is 11.